The monoisotopic (exact) mass is 288 g/mol. The molecule has 0 saturated heterocycles. The minimum atomic E-state index is -3.58. The molecule has 2 heterocycles. The van der Waals surface area contributed by atoms with Gasteiger partial charge in [0.25, 0.3) is 10.0 Å². The largest absolute Gasteiger partial charge is 0.752 e. The number of hydrogen-bond acceptors (Lipinski definition) is 5. The van der Waals surface area contributed by atoms with Crippen molar-refractivity contribution in [2.24, 2.45) is 4.40 Å². The van der Waals surface area contributed by atoms with Gasteiger partial charge in [-0.15, -0.1) is 11.3 Å². The lowest BCUT2D eigenvalue weighted by Gasteiger charge is -2.14. The summed E-state index contributed by atoms with van der Waals surface area (Å²) in [5.41, 5.74) is 0. The molecule has 0 spiro atoms. The first kappa shape index (κ1) is 12.2. The maximum atomic E-state index is 11.4. The Morgan fingerprint density at radius 1 is 1.50 bits per heavy atom. The molecule has 78 valence electrons. The van der Waals surface area contributed by atoms with E-state index in [9.17, 15) is 8.42 Å². The quantitative estimate of drug-likeness (QED) is 0.743. The highest BCUT2D eigenvalue weighted by atomic mass is 35.5. The van der Waals surface area contributed by atoms with Crippen molar-refractivity contribution in [2.75, 3.05) is 0 Å². The number of fused-ring (bicyclic) bond motifs is 1. The molecule has 4 N–H and O–H groups in total. The molecule has 1 aliphatic rings. The molecule has 0 fully saturated rings. The van der Waals surface area contributed by atoms with Crippen LogP contribution in [0, 0.1) is 0 Å². The van der Waals surface area contributed by atoms with Crippen LogP contribution < -0.4 is 6.15 Å². The molecule has 4 nitrogen and oxygen atoms in total. The number of hydrogen-bond donors (Lipinski definition) is 1. The summed E-state index contributed by atoms with van der Waals surface area (Å²) in [6, 6.07) is 1.40. The van der Waals surface area contributed by atoms with Gasteiger partial charge in [-0.1, -0.05) is 23.4 Å². The van der Waals surface area contributed by atoms with Crippen LogP contribution in [0.2, 0.25) is 4.34 Å². The van der Waals surface area contributed by atoms with Gasteiger partial charge in [-0.2, -0.15) is 12.8 Å². The Bertz CT molecular complexity index is 492. The molecule has 1 aromatic rings. The Morgan fingerprint density at radius 2 is 2.14 bits per heavy atom. The number of nitrogens with zero attached hydrogens (tertiary/aromatic N) is 1. The Hall–Kier alpha value is 0.140. The van der Waals surface area contributed by atoms with Gasteiger partial charge in [0.2, 0.25) is 0 Å². The fourth-order valence-corrected chi connectivity index (χ4v) is 5.75. The highest BCUT2D eigenvalue weighted by molar-refractivity contribution is 8.29. The lowest BCUT2D eigenvalue weighted by Crippen LogP contribution is -2.04. The second kappa shape index (κ2) is 3.95. The molecule has 14 heavy (non-hydrogen) atoms. The molecule has 1 aliphatic heterocycles. The standard InChI is InChI=1S/C5H2ClNO2S4.H3N/c6-3-1-2-4(11-3)12-5(10)7-13(2,8)9;/h1H,(H,7,10);1H3. The number of thiophene rings is 1. The molecule has 0 atom stereocenters. The van der Waals surface area contributed by atoms with E-state index in [1.807, 2.05) is 0 Å². The van der Waals surface area contributed by atoms with Crippen molar-refractivity contribution in [2.45, 2.75) is 9.10 Å². The van der Waals surface area contributed by atoms with E-state index in [0.717, 1.165) is 11.8 Å². The van der Waals surface area contributed by atoms with Crippen molar-refractivity contribution < 1.29 is 8.42 Å². The normalized spacial score (nSPS) is 17.9. The summed E-state index contributed by atoms with van der Waals surface area (Å²) in [4.78, 5) is 0.168. The van der Waals surface area contributed by atoms with Gasteiger partial charge >= 0.3 is 0 Å². The Balaban J connectivity index is 0.000000980. The van der Waals surface area contributed by atoms with E-state index in [0.29, 0.717) is 8.55 Å². The molecule has 0 aliphatic carbocycles. The first-order valence-corrected chi connectivity index (χ1v) is 6.84. The number of thioether (sulfide) groups is 1. The van der Waals surface area contributed by atoms with Crippen LogP contribution in [-0.4, -0.2) is 12.8 Å². The SMILES string of the molecule is O=S1(=O)N=C([S-])Sc2sc(Cl)cc21.[NH4+]. The second-order valence-electron chi connectivity index (χ2n) is 2.14. The summed E-state index contributed by atoms with van der Waals surface area (Å²) in [6.07, 6.45) is 0. The highest BCUT2D eigenvalue weighted by Gasteiger charge is 2.24. The van der Waals surface area contributed by atoms with Gasteiger partial charge in [0.15, 0.2) is 0 Å². The van der Waals surface area contributed by atoms with Gasteiger partial charge in [-0.3, -0.25) is 0 Å². The van der Waals surface area contributed by atoms with Gasteiger partial charge in [0.05, 0.1) is 8.55 Å². The molecule has 0 radical (unpaired) electrons. The van der Waals surface area contributed by atoms with Crippen LogP contribution in [0.15, 0.2) is 19.6 Å². The summed E-state index contributed by atoms with van der Waals surface area (Å²) in [7, 11) is -3.58. The van der Waals surface area contributed by atoms with E-state index >= 15 is 0 Å². The summed E-state index contributed by atoms with van der Waals surface area (Å²) < 4.78 is 27.3. The fraction of sp³-hybridized carbons (Fsp3) is 0. The molecule has 0 amide bonds. The summed E-state index contributed by atoms with van der Waals surface area (Å²) in [5, 5.41) is 0. The third-order valence-corrected chi connectivity index (χ3v) is 5.65. The van der Waals surface area contributed by atoms with Crippen LogP contribution in [0.5, 0.6) is 0 Å². The molecule has 0 saturated carbocycles. The Kier molecular flexibility index (Phi) is 3.45. The Morgan fingerprint density at radius 3 is 2.79 bits per heavy atom. The van der Waals surface area contributed by atoms with Crippen LogP contribution in [0.1, 0.15) is 0 Å². The third-order valence-electron chi connectivity index (χ3n) is 1.29. The highest BCUT2D eigenvalue weighted by Crippen LogP contribution is 2.41. The van der Waals surface area contributed by atoms with Crippen molar-refractivity contribution in [3.8, 4) is 0 Å². The van der Waals surface area contributed by atoms with Gasteiger partial charge in [0.1, 0.15) is 4.90 Å². The summed E-state index contributed by atoms with van der Waals surface area (Å²) in [5.74, 6) is 0. The number of rotatable bonds is 0. The molecule has 0 aromatic carbocycles. The molecular weight excluding hydrogens is 284 g/mol. The predicted molar refractivity (Wildman–Crippen MR) is 63.2 cm³/mol. The maximum Gasteiger partial charge on any atom is 0.283 e. The smallest absolute Gasteiger partial charge is 0.283 e. The van der Waals surface area contributed by atoms with E-state index in [2.05, 4.69) is 4.40 Å². The Labute approximate surface area is 99.8 Å². The number of quaternary nitrogens is 1. The average Bonchev–Trinajstić information content (AvgIpc) is 2.28. The second-order valence-corrected chi connectivity index (χ2v) is 7.30. The van der Waals surface area contributed by atoms with Gasteiger partial charge in [0, 0.05) is 0 Å². The van der Waals surface area contributed by atoms with Crippen molar-refractivity contribution in [3.63, 3.8) is 0 Å². The van der Waals surface area contributed by atoms with Crippen molar-refractivity contribution in [3.05, 3.63) is 10.4 Å². The molecule has 2 rings (SSSR count). The number of sulfonamides is 1. The number of halogens is 1. The zero-order valence-electron chi connectivity index (χ0n) is 6.85. The molecule has 9 heteroatoms. The topological polar surface area (TPSA) is 83.0 Å². The van der Waals surface area contributed by atoms with Crippen molar-refractivity contribution >= 4 is 61.7 Å². The lowest BCUT2D eigenvalue weighted by molar-refractivity contribution is 0.597. The minimum absolute atomic E-state index is 0. The zero-order valence-corrected chi connectivity index (χ0v) is 10.9. The first-order valence-electron chi connectivity index (χ1n) is 2.98. The van der Waals surface area contributed by atoms with Gasteiger partial charge in [-0.25, -0.2) is 0 Å². The van der Waals surface area contributed by atoms with E-state index in [4.69, 9.17) is 24.2 Å². The van der Waals surface area contributed by atoms with Crippen LogP contribution >= 0.6 is 34.7 Å². The van der Waals surface area contributed by atoms with E-state index < -0.39 is 10.0 Å². The molecular formula is C5H5ClN2O2S4. The first-order chi connectivity index (χ1) is 5.99. The average molecular weight is 289 g/mol. The third kappa shape index (κ3) is 2.05. The molecule has 0 unspecified atom stereocenters. The predicted octanol–water partition coefficient (Wildman–Crippen LogP) is 2.48. The van der Waals surface area contributed by atoms with E-state index in [-0.39, 0.29) is 15.4 Å². The summed E-state index contributed by atoms with van der Waals surface area (Å²) >= 11 is 12.8. The van der Waals surface area contributed by atoms with Gasteiger partial charge in [-0.05, 0) is 10.4 Å². The van der Waals surface area contributed by atoms with E-state index in [1.165, 1.54) is 17.4 Å². The maximum absolute atomic E-state index is 11.4. The fourth-order valence-electron chi connectivity index (χ4n) is 0.826. The van der Waals surface area contributed by atoms with Crippen LogP contribution in [0.3, 0.4) is 0 Å². The van der Waals surface area contributed by atoms with Crippen LogP contribution in [0.25, 0.3) is 0 Å². The van der Waals surface area contributed by atoms with Crippen LogP contribution in [0.4, 0.5) is 0 Å². The lowest BCUT2D eigenvalue weighted by atomic mass is 10.7. The van der Waals surface area contributed by atoms with Gasteiger partial charge < -0.3 is 18.8 Å². The molecule has 0 bridgehead atoms. The van der Waals surface area contributed by atoms with Crippen molar-refractivity contribution in [1.29, 1.82) is 0 Å². The van der Waals surface area contributed by atoms with Crippen LogP contribution in [-0.2, 0) is 22.7 Å². The van der Waals surface area contributed by atoms with Crippen molar-refractivity contribution in [1.82, 2.24) is 6.15 Å². The zero-order chi connectivity index (χ0) is 9.64. The summed E-state index contributed by atoms with van der Waals surface area (Å²) in [6.45, 7) is 0. The van der Waals surface area contributed by atoms with E-state index in [1.54, 1.807) is 0 Å². The molecule has 1 aromatic heterocycles. The minimum Gasteiger partial charge on any atom is -0.752 e.